The van der Waals surface area contributed by atoms with Crippen molar-refractivity contribution in [3.05, 3.63) is 44.2 Å². The van der Waals surface area contributed by atoms with Gasteiger partial charge in [-0.1, -0.05) is 40.0 Å². The van der Waals surface area contributed by atoms with E-state index < -0.39 is 0 Å². The van der Waals surface area contributed by atoms with E-state index in [9.17, 15) is 4.79 Å². The smallest absolute Gasteiger partial charge is 0.238 e. The van der Waals surface area contributed by atoms with E-state index in [4.69, 9.17) is 39.3 Å². The van der Waals surface area contributed by atoms with Crippen molar-refractivity contribution in [1.29, 1.82) is 0 Å². The van der Waals surface area contributed by atoms with Gasteiger partial charge in [0.25, 0.3) is 0 Å². The number of carbonyl (C=O) groups is 1. The molecule has 1 aromatic heterocycles. The number of benzene rings is 1. The Morgan fingerprint density at radius 3 is 2.41 bits per heavy atom. The number of rotatable bonds is 5. The lowest BCUT2D eigenvalue weighted by Gasteiger charge is -2.12. The Balaban J connectivity index is 1.91. The molecule has 8 heteroatoms. The number of anilines is 1. The van der Waals surface area contributed by atoms with Gasteiger partial charge in [0, 0.05) is 17.0 Å². The summed E-state index contributed by atoms with van der Waals surface area (Å²) in [7, 11) is 0. The first-order valence-electron chi connectivity index (χ1n) is 6.49. The van der Waals surface area contributed by atoms with Gasteiger partial charge >= 0.3 is 0 Å². The molecule has 0 saturated heterocycles. The first-order chi connectivity index (χ1) is 10.4. The van der Waals surface area contributed by atoms with Gasteiger partial charge in [0.2, 0.25) is 5.91 Å². The van der Waals surface area contributed by atoms with Crippen molar-refractivity contribution in [2.75, 3.05) is 5.43 Å². The predicted molar refractivity (Wildman–Crippen MR) is 87.5 cm³/mol. The third kappa shape index (κ3) is 4.06. The average Bonchev–Trinajstić information content (AvgIpc) is 2.74. The van der Waals surface area contributed by atoms with Gasteiger partial charge in [-0.2, -0.15) is 0 Å². The van der Waals surface area contributed by atoms with Crippen LogP contribution in [-0.2, 0) is 11.2 Å². The Hall–Kier alpha value is -1.43. The second-order valence-corrected chi connectivity index (χ2v) is 5.97. The molecular formula is C14H14Cl3N3O2. The molecule has 2 aromatic rings. The molecule has 0 radical (unpaired) electrons. The van der Waals surface area contributed by atoms with Crippen molar-refractivity contribution in [3.8, 4) is 0 Å². The van der Waals surface area contributed by atoms with E-state index in [1.165, 1.54) is 12.1 Å². The number of halogens is 3. The van der Waals surface area contributed by atoms with Crippen LogP contribution >= 0.6 is 34.8 Å². The van der Waals surface area contributed by atoms with Crippen LogP contribution in [0.5, 0.6) is 0 Å². The van der Waals surface area contributed by atoms with Gasteiger partial charge in [0.1, 0.15) is 5.76 Å². The number of aryl methyl sites for hydroxylation is 2. The zero-order chi connectivity index (χ0) is 16.3. The molecule has 0 aliphatic carbocycles. The van der Waals surface area contributed by atoms with Crippen molar-refractivity contribution in [2.45, 2.75) is 26.7 Å². The van der Waals surface area contributed by atoms with Gasteiger partial charge in [-0.05, 0) is 32.4 Å². The largest absolute Gasteiger partial charge is 0.361 e. The topological polar surface area (TPSA) is 67.2 Å². The fourth-order valence-corrected chi connectivity index (χ4v) is 2.87. The number of amides is 1. The van der Waals surface area contributed by atoms with Crippen LogP contribution in [-0.4, -0.2) is 11.1 Å². The molecule has 0 atom stereocenters. The lowest BCUT2D eigenvalue weighted by Crippen LogP contribution is -2.29. The summed E-state index contributed by atoms with van der Waals surface area (Å²) in [4.78, 5) is 11.9. The van der Waals surface area contributed by atoms with E-state index in [0.29, 0.717) is 27.2 Å². The van der Waals surface area contributed by atoms with E-state index in [2.05, 4.69) is 16.0 Å². The Morgan fingerprint density at radius 1 is 1.23 bits per heavy atom. The van der Waals surface area contributed by atoms with Crippen LogP contribution in [0.25, 0.3) is 0 Å². The minimum atomic E-state index is -0.206. The Morgan fingerprint density at radius 2 is 1.86 bits per heavy atom. The van der Waals surface area contributed by atoms with Gasteiger partial charge in [0.15, 0.2) is 0 Å². The minimum absolute atomic E-state index is 0.206. The van der Waals surface area contributed by atoms with E-state index >= 15 is 0 Å². The minimum Gasteiger partial charge on any atom is -0.361 e. The average molecular weight is 363 g/mol. The molecule has 5 nitrogen and oxygen atoms in total. The lowest BCUT2D eigenvalue weighted by molar-refractivity contribution is -0.120. The second-order valence-electron chi connectivity index (χ2n) is 4.72. The van der Waals surface area contributed by atoms with Crippen LogP contribution < -0.4 is 10.9 Å². The Labute approximate surface area is 142 Å². The van der Waals surface area contributed by atoms with Gasteiger partial charge < -0.3 is 4.52 Å². The first-order valence-corrected chi connectivity index (χ1v) is 7.63. The summed E-state index contributed by atoms with van der Waals surface area (Å²) >= 11 is 17.9. The summed E-state index contributed by atoms with van der Waals surface area (Å²) in [5, 5.41) is 4.92. The third-order valence-electron chi connectivity index (χ3n) is 3.12. The Bertz CT molecular complexity index is 658. The molecule has 2 rings (SSSR count). The number of hydrogen-bond acceptors (Lipinski definition) is 4. The van der Waals surface area contributed by atoms with Crippen LogP contribution in [0.4, 0.5) is 5.69 Å². The van der Waals surface area contributed by atoms with E-state index in [-0.39, 0.29) is 12.3 Å². The molecular weight excluding hydrogens is 349 g/mol. The van der Waals surface area contributed by atoms with Crippen LogP contribution in [0, 0.1) is 13.8 Å². The number of carbonyl (C=O) groups excluding carboxylic acids is 1. The monoisotopic (exact) mass is 361 g/mol. The second kappa shape index (κ2) is 7.22. The maximum absolute atomic E-state index is 11.9. The molecule has 1 aromatic carbocycles. The number of hydrogen-bond donors (Lipinski definition) is 2. The van der Waals surface area contributed by atoms with Gasteiger partial charge in [-0.15, -0.1) is 0 Å². The molecule has 0 unspecified atom stereocenters. The predicted octanol–water partition coefficient (Wildman–Crippen LogP) is 4.33. The molecule has 0 aliphatic heterocycles. The van der Waals surface area contributed by atoms with Crippen molar-refractivity contribution < 1.29 is 9.32 Å². The highest BCUT2D eigenvalue weighted by Gasteiger charge is 2.12. The number of aromatic nitrogens is 1. The number of nitrogens with one attached hydrogen (secondary N) is 2. The van der Waals surface area contributed by atoms with Crippen molar-refractivity contribution >= 4 is 46.4 Å². The fourth-order valence-electron chi connectivity index (χ4n) is 1.95. The molecule has 118 valence electrons. The standard InChI is InChI=1S/C14H14Cl3N3O2/c1-7-10(8(2)22-20-7)3-4-13(21)18-19-14-11(16)5-9(15)6-12(14)17/h5-6,19H,3-4H2,1-2H3,(H,18,21). The fraction of sp³-hybridized carbons (Fsp3) is 0.286. The van der Waals surface area contributed by atoms with Crippen molar-refractivity contribution in [1.82, 2.24) is 10.6 Å². The SMILES string of the molecule is Cc1noc(C)c1CCC(=O)NNc1c(Cl)cc(Cl)cc1Cl. The molecule has 2 N–H and O–H groups in total. The highest BCUT2D eigenvalue weighted by Crippen LogP contribution is 2.33. The van der Waals surface area contributed by atoms with Gasteiger partial charge in [-0.3, -0.25) is 15.6 Å². The maximum atomic E-state index is 11.9. The van der Waals surface area contributed by atoms with Crippen molar-refractivity contribution in [3.63, 3.8) is 0 Å². The summed E-state index contributed by atoms with van der Waals surface area (Å²) in [5.41, 5.74) is 7.39. The highest BCUT2D eigenvalue weighted by molar-refractivity contribution is 6.41. The normalized spacial score (nSPS) is 10.6. The lowest BCUT2D eigenvalue weighted by atomic mass is 10.1. The van der Waals surface area contributed by atoms with Gasteiger partial charge in [-0.25, -0.2) is 0 Å². The summed E-state index contributed by atoms with van der Waals surface area (Å²) in [6.07, 6.45) is 0.815. The maximum Gasteiger partial charge on any atom is 0.238 e. The molecule has 0 fully saturated rings. The molecule has 0 spiro atoms. The quantitative estimate of drug-likeness (QED) is 0.777. The highest BCUT2D eigenvalue weighted by atomic mass is 35.5. The summed E-state index contributed by atoms with van der Waals surface area (Å²) < 4.78 is 5.05. The molecule has 0 aliphatic rings. The van der Waals surface area contributed by atoms with Crippen LogP contribution in [0.2, 0.25) is 15.1 Å². The van der Waals surface area contributed by atoms with Crippen molar-refractivity contribution in [2.24, 2.45) is 0 Å². The van der Waals surface area contributed by atoms with E-state index in [1.54, 1.807) is 0 Å². The van der Waals surface area contributed by atoms with Crippen LogP contribution in [0.3, 0.4) is 0 Å². The zero-order valence-electron chi connectivity index (χ0n) is 12.0. The first kappa shape index (κ1) is 16.9. The van der Waals surface area contributed by atoms with Crippen LogP contribution in [0.1, 0.15) is 23.4 Å². The molecule has 0 bridgehead atoms. The number of nitrogens with zero attached hydrogens (tertiary/aromatic N) is 1. The summed E-state index contributed by atoms with van der Waals surface area (Å²) in [6.45, 7) is 3.66. The molecule has 22 heavy (non-hydrogen) atoms. The van der Waals surface area contributed by atoms with Gasteiger partial charge in [0.05, 0.1) is 21.4 Å². The zero-order valence-corrected chi connectivity index (χ0v) is 14.2. The van der Waals surface area contributed by atoms with E-state index in [0.717, 1.165) is 17.0 Å². The summed E-state index contributed by atoms with van der Waals surface area (Å²) in [6, 6.07) is 3.07. The Kier molecular flexibility index (Phi) is 5.56. The summed E-state index contributed by atoms with van der Waals surface area (Å²) in [5.74, 6) is 0.518. The number of hydrazine groups is 1. The molecule has 0 saturated carbocycles. The third-order valence-corrected chi connectivity index (χ3v) is 3.93. The molecule has 1 heterocycles. The van der Waals surface area contributed by atoms with Crippen LogP contribution in [0.15, 0.2) is 16.7 Å². The van der Waals surface area contributed by atoms with E-state index in [1.807, 2.05) is 13.8 Å². The molecule has 1 amide bonds.